The number of nitrogens with zero attached hydrogens (tertiary/aromatic N) is 3. The van der Waals surface area contributed by atoms with Crippen LogP contribution in [-0.2, 0) is 9.53 Å². The monoisotopic (exact) mass is 324 g/mol. The van der Waals surface area contributed by atoms with E-state index in [9.17, 15) is 9.59 Å². The van der Waals surface area contributed by atoms with Crippen molar-refractivity contribution in [2.45, 2.75) is 45.3 Å². The molecule has 0 unspecified atom stereocenters. The van der Waals surface area contributed by atoms with Gasteiger partial charge in [0.15, 0.2) is 0 Å². The number of piperidine rings is 1. The third kappa shape index (κ3) is 6.81. The minimum Gasteiger partial charge on any atom is -0.462 e. The van der Waals surface area contributed by atoms with E-state index in [-0.39, 0.29) is 11.5 Å². The predicted octanol–water partition coefficient (Wildman–Crippen LogP) is 1.47. The van der Waals surface area contributed by atoms with E-state index in [2.05, 4.69) is 27.1 Å². The number of carbonyl (C=O) groups excluding carboxylic acids is 2. The van der Waals surface area contributed by atoms with E-state index >= 15 is 0 Å². The largest absolute Gasteiger partial charge is 0.462 e. The van der Waals surface area contributed by atoms with E-state index in [1.165, 1.54) is 0 Å². The number of carbonyl (C=O) groups is 2. The SMILES string of the molecule is CC(C)(C)OC=O.CNC(=O)c1cnn(C2CCN(C)CC2)c1. The molecule has 2 rings (SSSR count). The highest BCUT2D eigenvalue weighted by Crippen LogP contribution is 2.21. The zero-order chi connectivity index (χ0) is 17.5. The highest BCUT2D eigenvalue weighted by atomic mass is 16.5. The van der Waals surface area contributed by atoms with Gasteiger partial charge in [-0.15, -0.1) is 0 Å². The van der Waals surface area contributed by atoms with Gasteiger partial charge in [-0.05, 0) is 53.8 Å². The van der Waals surface area contributed by atoms with Crippen molar-refractivity contribution < 1.29 is 14.3 Å². The zero-order valence-electron chi connectivity index (χ0n) is 14.7. The van der Waals surface area contributed by atoms with Gasteiger partial charge in [-0.3, -0.25) is 14.3 Å². The Bertz CT molecular complexity index is 500. The third-order valence-electron chi connectivity index (χ3n) is 3.55. The Morgan fingerprint density at radius 2 is 2.00 bits per heavy atom. The van der Waals surface area contributed by atoms with Crippen molar-refractivity contribution in [3.05, 3.63) is 18.0 Å². The Balaban J connectivity index is 0.000000322. The summed E-state index contributed by atoms with van der Waals surface area (Å²) in [6.07, 6.45) is 5.68. The topological polar surface area (TPSA) is 76.5 Å². The normalized spacial score (nSPS) is 16.2. The van der Waals surface area contributed by atoms with Crippen LogP contribution in [0.5, 0.6) is 0 Å². The molecule has 0 aromatic carbocycles. The van der Waals surface area contributed by atoms with E-state index in [4.69, 9.17) is 0 Å². The first-order valence-corrected chi connectivity index (χ1v) is 7.83. The number of likely N-dealkylation sites (tertiary alicyclic amines) is 1. The molecule has 1 amide bonds. The van der Waals surface area contributed by atoms with Gasteiger partial charge in [0.25, 0.3) is 12.4 Å². The van der Waals surface area contributed by atoms with Gasteiger partial charge in [-0.25, -0.2) is 0 Å². The van der Waals surface area contributed by atoms with E-state index < -0.39 is 0 Å². The first-order chi connectivity index (χ1) is 10.8. The summed E-state index contributed by atoms with van der Waals surface area (Å²) in [5.41, 5.74) is 0.323. The minimum atomic E-state index is -0.318. The maximum atomic E-state index is 11.4. The van der Waals surface area contributed by atoms with Crippen LogP contribution in [0.25, 0.3) is 0 Å². The average molecular weight is 324 g/mol. The van der Waals surface area contributed by atoms with Crippen LogP contribution >= 0.6 is 0 Å². The van der Waals surface area contributed by atoms with Gasteiger partial charge in [0.2, 0.25) is 0 Å². The van der Waals surface area contributed by atoms with Gasteiger partial charge >= 0.3 is 0 Å². The standard InChI is InChI=1S/C11H18N4O.C5H10O2/c1-12-11(16)9-7-13-15(8-9)10-3-5-14(2)6-4-10;1-5(2,3)7-4-6/h7-8,10H,3-6H2,1-2H3,(H,12,16);4H,1-3H3. The summed E-state index contributed by atoms with van der Waals surface area (Å²) >= 11 is 0. The van der Waals surface area contributed by atoms with Crippen LogP contribution in [-0.4, -0.2) is 59.8 Å². The molecular formula is C16H28N4O3. The summed E-state index contributed by atoms with van der Waals surface area (Å²) < 4.78 is 6.48. The summed E-state index contributed by atoms with van der Waals surface area (Å²) in [6, 6.07) is 0.439. The van der Waals surface area contributed by atoms with Crippen molar-refractivity contribution in [3.63, 3.8) is 0 Å². The van der Waals surface area contributed by atoms with Crippen molar-refractivity contribution in [2.24, 2.45) is 0 Å². The smallest absolute Gasteiger partial charge is 0.293 e. The lowest BCUT2D eigenvalue weighted by Gasteiger charge is -2.28. The maximum absolute atomic E-state index is 11.4. The van der Waals surface area contributed by atoms with Crippen molar-refractivity contribution in [1.82, 2.24) is 20.0 Å². The number of rotatable bonds is 3. The van der Waals surface area contributed by atoms with Crippen molar-refractivity contribution in [3.8, 4) is 0 Å². The van der Waals surface area contributed by atoms with E-state index in [1.807, 2.05) is 31.6 Å². The second-order valence-electron chi connectivity index (χ2n) is 6.65. The first-order valence-electron chi connectivity index (χ1n) is 7.83. The van der Waals surface area contributed by atoms with E-state index in [0.717, 1.165) is 25.9 Å². The molecule has 1 aliphatic rings. The molecule has 0 aliphatic carbocycles. The summed E-state index contributed by atoms with van der Waals surface area (Å²) in [5.74, 6) is -0.0702. The summed E-state index contributed by atoms with van der Waals surface area (Å²) in [4.78, 5) is 23.3. The Morgan fingerprint density at radius 1 is 1.39 bits per heavy atom. The van der Waals surface area contributed by atoms with Crippen LogP contribution in [0.2, 0.25) is 0 Å². The fraction of sp³-hybridized carbons (Fsp3) is 0.688. The maximum Gasteiger partial charge on any atom is 0.293 e. The zero-order valence-corrected chi connectivity index (χ0v) is 14.7. The van der Waals surface area contributed by atoms with Gasteiger partial charge in [0, 0.05) is 13.2 Å². The fourth-order valence-corrected chi connectivity index (χ4v) is 2.20. The van der Waals surface area contributed by atoms with Gasteiger partial charge in [-0.1, -0.05) is 0 Å². The Hall–Kier alpha value is -1.89. The van der Waals surface area contributed by atoms with Crippen molar-refractivity contribution in [2.75, 3.05) is 27.2 Å². The molecule has 1 aromatic heterocycles. The molecule has 0 bridgehead atoms. The molecule has 2 heterocycles. The Morgan fingerprint density at radius 3 is 2.43 bits per heavy atom. The Labute approximate surface area is 138 Å². The lowest BCUT2D eigenvalue weighted by Crippen LogP contribution is -2.31. The molecule has 23 heavy (non-hydrogen) atoms. The second-order valence-corrected chi connectivity index (χ2v) is 6.65. The lowest BCUT2D eigenvalue weighted by atomic mass is 10.1. The van der Waals surface area contributed by atoms with Crippen LogP contribution < -0.4 is 5.32 Å². The average Bonchev–Trinajstić information content (AvgIpc) is 2.96. The molecule has 7 heteroatoms. The number of nitrogens with one attached hydrogen (secondary N) is 1. The van der Waals surface area contributed by atoms with Crippen LogP contribution in [0, 0.1) is 0 Å². The number of hydrogen-bond acceptors (Lipinski definition) is 5. The lowest BCUT2D eigenvalue weighted by molar-refractivity contribution is -0.138. The van der Waals surface area contributed by atoms with Gasteiger partial charge in [0.1, 0.15) is 5.60 Å². The predicted molar refractivity (Wildman–Crippen MR) is 88.3 cm³/mol. The molecule has 130 valence electrons. The third-order valence-corrected chi connectivity index (χ3v) is 3.55. The Kier molecular flexibility index (Phi) is 7.22. The quantitative estimate of drug-likeness (QED) is 0.852. The molecule has 1 N–H and O–H groups in total. The molecule has 1 fully saturated rings. The van der Waals surface area contributed by atoms with Crippen molar-refractivity contribution >= 4 is 12.4 Å². The molecule has 1 aliphatic heterocycles. The minimum absolute atomic E-state index is 0.0702. The van der Waals surface area contributed by atoms with Crippen LogP contribution in [0.3, 0.4) is 0 Å². The molecule has 0 spiro atoms. The second kappa shape index (κ2) is 8.67. The number of hydrogen-bond donors (Lipinski definition) is 1. The summed E-state index contributed by atoms with van der Waals surface area (Å²) in [6.45, 7) is 8.11. The molecule has 1 saturated heterocycles. The van der Waals surface area contributed by atoms with E-state index in [0.29, 0.717) is 18.1 Å². The van der Waals surface area contributed by atoms with Crippen LogP contribution in [0.4, 0.5) is 0 Å². The molecular weight excluding hydrogens is 296 g/mol. The number of amides is 1. The summed E-state index contributed by atoms with van der Waals surface area (Å²) in [7, 11) is 3.77. The fourth-order valence-electron chi connectivity index (χ4n) is 2.20. The molecule has 0 atom stereocenters. The highest BCUT2D eigenvalue weighted by molar-refractivity contribution is 5.93. The molecule has 7 nitrogen and oxygen atoms in total. The van der Waals surface area contributed by atoms with E-state index in [1.54, 1.807) is 13.2 Å². The van der Waals surface area contributed by atoms with Gasteiger partial charge < -0.3 is 15.0 Å². The number of aromatic nitrogens is 2. The highest BCUT2D eigenvalue weighted by Gasteiger charge is 2.19. The molecule has 0 radical (unpaired) electrons. The van der Waals surface area contributed by atoms with Crippen molar-refractivity contribution in [1.29, 1.82) is 0 Å². The van der Waals surface area contributed by atoms with Crippen LogP contribution in [0.15, 0.2) is 12.4 Å². The number of ether oxygens (including phenoxy) is 1. The van der Waals surface area contributed by atoms with Crippen LogP contribution in [0.1, 0.15) is 50.0 Å². The van der Waals surface area contributed by atoms with Gasteiger partial charge in [-0.2, -0.15) is 5.10 Å². The summed E-state index contributed by atoms with van der Waals surface area (Å²) in [5, 5.41) is 6.88. The first kappa shape index (κ1) is 19.2. The van der Waals surface area contributed by atoms with Gasteiger partial charge in [0.05, 0.1) is 17.8 Å². The molecule has 0 saturated carbocycles. The molecule has 1 aromatic rings.